The smallest absolute Gasteiger partial charge is 0.0633 e. The fraction of sp³-hybridized carbons (Fsp3) is 0.280. The Labute approximate surface area is 165 Å². The highest BCUT2D eigenvalue weighted by Crippen LogP contribution is 2.35. The van der Waals surface area contributed by atoms with Crippen LogP contribution in [0.3, 0.4) is 0 Å². The standard InChI is InChI=1S/C25H27NO2/c1-3-17-12-23-22-11-7-5-9-20(22)18(14-26-25(2,15-27)16-28)13-24(23)21-10-6-4-8-19(17)21/h4-13,26-28H,3,14-16H2,1-2H3. The van der Waals surface area contributed by atoms with E-state index in [1.807, 2.05) is 6.92 Å². The van der Waals surface area contributed by atoms with Gasteiger partial charge in [0.05, 0.1) is 18.8 Å². The van der Waals surface area contributed by atoms with Crippen LogP contribution < -0.4 is 5.32 Å². The van der Waals surface area contributed by atoms with Gasteiger partial charge in [0.15, 0.2) is 0 Å². The average Bonchev–Trinajstić information content (AvgIpc) is 2.76. The summed E-state index contributed by atoms with van der Waals surface area (Å²) in [6, 6.07) is 21.7. The van der Waals surface area contributed by atoms with E-state index in [2.05, 4.69) is 72.9 Å². The highest BCUT2D eigenvalue weighted by Gasteiger charge is 2.22. The summed E-state index contributed by atoms with van der Waals surface area (Å²) in [5, 5.41) is 30.1. The molecule has 4 aromatic rings. The van der Waals surface area contributed by atoms with Crippen molar-refractivity contribution in [1.29, 1.82) is 0 Å². The first kappa shape index (κ1) is 18.9. The summed E-state index contributed by atoms with van der Waals surface area (Å²) in [4.78, 5) is 0. The molecule has 4 aromatic carbocycles. The first-order valence-electron chi connectivity index (χ1n) is 9.92. The predicted molar refractivity (Wildman–Crippen MR) is 118 cm³/mol. The number of aryl methyl sites for hydroxylation is 1. The van der Waals surface area contributed by atoms with E-state index in [1.165, 1.54) is 43.4 Å². The third-order valence-corrected chi connectivity index (χ3v) is 5.84. The van der Waals surface area contributed by atoms with E-state index in [-0.39, 0.29) is 13.2 Å². The van der Waals surface area contributed by atoms with Crippen LogP contribution >= 0.6 is 0 Å². The Balaban J connectivity index is 1.99. The molecule has 0 fully saturated rings. The van der Waals surface area contributed by atoms with Gasteiger partial charge in [0.1, 0.15) is 0 Å². The fourth-order valence-corrected chi connectivity index (χ4v) is 4.01. The molecule has 0 unspecified atom stereocenters. The van der Waals surface area contributed by atoms with Gasteiger partial charge in [-0.25, -0.2) is 0 Å². The summed E-state index contributed by atoms with van der Waals surface area (Å²) < 4.78 is 0. The summed E-state index contributed by atoms with van der Waals surface area (Å²) in [6.45, 7) is 4.39. The van der Waals surface area contributed by atoms with E-state index < -0.39 is 5.54 Å². The van der Waals surface area contributed by atoms with E-state index >= 15 is 0 Å². The maximum absolute atomic E-state index is 9.62. The van der Waals surface area contributed by atoms with Crippen LogP contribution in [0.2, 0.25) is 0 Å². The third kappa shape index (κ3) is 3.16. The molecule has 0 saturated carbocycles. The van der Waals surface area contributed by atoms with Crippen molar-refractivity contribution in [3.8, 4) is 0 Å². The molecule has 0 radical (unpaired) electrons. The molecule has 3 nitrogen and oxygen atoms in total. The van der Waals surface area contributed by atoms with Crippen LogP contribution in [-0.4, -0.2) is 29.0 Å². The second kappa shape index (κ2) is 7.51. The minimum absolute atomic E-state index is 0.113. The summed E-state index contributed by atoms with van der Waals surface area (Å²) in [5.74, 6) is 0. The first-order valence-corrected chi connectivity index (χ1v) is 9.92. The number of hydrogen-bond donors (Lipinski definition) is 3. The Bertz CT molecular complexity index is 1150. The number of nitrogens with one attached hydrogen (secondary N) is 1. The van der Waals surface area contributed by atoms with Gasteiger partial charge >= 0.3 is 0 Å². The maximum Gasteiger partial charge on any atom is 0.0633 e. The molecule has 0 heterocycles. The number of benzene rings is 4. The van der Waals surface area contributed by atoms with Gasteiger partial charge in [0.25, 0.3) is 0 Å². The molecule has 0 aliphatic carbocycles. The van der Waals surface area contributed by atoms with Crippen LogP contribution in [0.15, 0.2) is 60.7 Å². The fourth-order valence-electron chi connectivity index (χ4n) is 4.01. The molecular formula is C25H27NO2. The van der Waals surface area contributed by atoms with Crippen LogP contribution in [0.4, 0.5) is 0 Å². The zero-order valence-corrected chi connectivity index (χ0v) is 16.5. The van der Waals surface area contributed by atoms with Crippen LogP contribution in [0.1, 0.15) is 25.0 Å². The number of fused-ring (bicyclic) bond motifs is 5. The van der Waals surface area contributed by atoms with Crippen molar-refractivity contribution in [3.63, 3.8) is 0 Å². The molecule has 0 aromatic heterocycles. The first-order chi connectivity index (χ1) is 13.6. The molecule has 28 heavy (non-hydrogen) atoms. The second-order valence-corrected chi connectivity index (χ2v) is 7.84. The number of aliphatic hydroxyl groups is 2. The van der Waals surface area contributed by atoms with E-state index in [0.29, 0.717) is 6.54 Å². The molecule has 4 rings (SSSR count). The Morgan fingerprint density at radius 2 is 1.18 bits per heavy atom. The maximum atomic E-state index is 9.62. The average molecular weight is 373 g/mol. The molecule has 3 N–H and O–H groups in total. The largest absolute Gasteiger partial charge is 0.394 e. The lowest BCUT2D eigenvalue weighted by Crippen LogP contribution is -2.48. The van der Waals surface area contributed by atoms with E-state index in [9.17, 15) is 10.2 Å². The summed E-state index contributed by atoms with van der Waals surface area (Å²) >= 11 is 0. The molecule has 3 heteroatoms. The molecule has 0 atom stereocenters. The van der Waals surface area contributed by atoms with Crippen molar-refractivity contribution >= 4 is 32.3 Å². The van der Waals surface area contributed by atoms with Gasteiger partial charge in [-0.15, -0.1) is 0 Å². The Hall–Kier alpha value is -2.46. The molecule has 0 aliphatic rings. The Morgan fingerprint density at radius 1 is 0.714 bits per heavy atom. The van der Waals surface area contributed by atoms with Gasteiger partial charge in [0.2, 0.25) is 0 Å². The van der Waals surface area contributed by atoms with Crippen molar-refractivity contribution in [2.24, 2.45) is 0 Å². The van der Waals surface area contributed by atoms with Crippen LogP contribution in [0, 0.1) is 0 Å². The van der Waals surface area contributed by atoms with Crippen LogP contribution in [-0.2, 0) is 13.0 Å². The topological polar surface area (TPSA) is 52.5 Å². The van der Waals surface area contributed by atoms with Gasteiger partial charge in [-0.1, -0.05) is 55.5 Å². The monoisotopic (exact) mass is 373 g/mol. The molecule has 0 aliphatic heterocycles. The van der Waals surface area contributed by atoms with Crippen molar-refractivity contribution in [2.75, 3.05) is 13.2 Å². The number of hydrogen-bond acceptors (Lipinski definition) is 3. The normalized spacial score (nSPS) is 12.3. The molecule has 0 bridgehead atoms. The van der Waals surface area contributed by atoms with Crippen LogP contribution in [0.5, 0.6) is 0 Å². The zero-order valence-electron chi connectivity index (χ0n) is 16.5. The highest BCUT2D eigenvalue weighted by atomic mass is 16.3. The summed E-state index contributed by atoms with van der Waals surface area (Å²) in [6.07, 6.45) is 0.999. The van der Waals surface area contributed by atoms with E-state index in [0.717, 1.165) is 6.42 Å². The third-order valence-electron chi connectivity index (χ3n) is 5.84. The van der Waals surface area contributed by atoms with Gasteiger partial charge < -0.3 is 15.5 Å². The predicted octanol–water partition coefficient (Wildman–Crippen LogP) is 4.54. The van der Waals surface area contributed by atoms with E-state index in [1.54, 1.807) is 0 Å². The molecule has 0 spiro atoms. The number of aliphatic hydroxyl groups excluding tert-OH is 2. The van der Waals surface area contributed by atoms with Gasteiger partial charge in [-0.3, -0.25) is 0 Å². The molecule has 0 saturated heterocycles. The molecular weight excluding hydrogens is 346 g/mol. The lowest BCUT2D eigenvalue weighted by molar-refractivity contribution is 0.103. The Kier molecular flexibility index (Phi) is 5.07. The second-order valence-electron chi connectivity index (χ2n) is 7.84. The quantitative estimate of drug-likeness (QED) is 0.435. The summed E-state index contributed by atoms with van der Waals surface area (Å²) in [5.41, 5.74) is 1.84. The van der Waals surface area contributed by atoms with E-state index in [4.69, 9.17) is 0 Å². The van der Waals surface area contributed by atoms with Crippen LogP contribution in [0.25, 0.3) is 32.3 Å². The molecule has 144 valence electrons. The Morgan fingerprint density at radius 3 is 1.68 bits per heavy atom. The van der Waals surface area contributed by atoms with Gasteiger partial charge in [0, 0.05) is 6.54 Å². The van der Waals surface area contributed by atoms with Gasteiger partial charge in [-0.05, 0) is 68.9 Å². The number of rotatable bonds is 6. The van der Waals surface area contributed by atoms with Gasteiger partial charge in [-0.2, -0.15) is 0 Å². The summed E-state index contributed by atoms with van der Waals surface area (Å²) in [7, 11) is 0. The minimum Gasteiger partial charge on any atom is -0.394 e. The lowest BCUT2D eigenvalue weighted by Gasteiger charge is -2.27. The minimum atomic E-state index is -0.704. The van der Waals surface area contributed by atoms with Crippen molar-refractivity contribution in [1.82, 2.24) is 5.32 Å². The molecule has 0 amide bonds. The lowest BCUT2D eigenvalue weighted by atomic mass is 9.90. The highest BCUT2D eigenvalue weighted by molar-refractivity contribution is 6.18. The zero-order chi connectivity index (χ0) is 19.7. The SMILES string of the molecule is CCc1cc2c3ccccc3c(CNC(C)(CO)CO)cc2c2ccccc12. The van der Waals surface area contributed by atoms with Crippen molar-refractivity contribution < 1.29 is 10.2 Å². The van der Waals surface area contributed by atoms with Crippen molar-refractivity contribution in [2.45, 2.75) is 32.4 Å². The van der Waals surface area contributed by atoms with Crippen molar-refractivity contribution in [3.05, 3.63) is 71.8 Å².